The third kappa shape index (κ3) is 3.36. The Kier molecular flexibility index (Phi) is 5.56. The molecule has 3 aromatic carbocycles. The van der Waals surface area contributed by atoms with E-state index in [1.165, 1.54) is 0 Å². The number of fused-ring (bicyclic) bond motifs is 1. The van der Waals surface area contributed by atoms with Crippen LogP contribution in [0.1, 0.15) is 11.6 Å². The second kappa shape index (κ2) is 8.25. The van der Waals surface area contributed by atoms with Gasteiger partial charge in [0.1, 0.15) is 5.92 Å². The normalized spacial score (nSPS) is 22.6. The molecule has 2 amide bonds. The highest BCUT2D eigenvalue weighted by Crippen LogP contribution is 2.50. The molecule has 0 aromatic heterocycles. The number of imide groups is 1. The number of hydrogen-bond donors (Lipinski definition) is 0. The average Bonchev–Trinajstić information content (AvgIpc) is 3.26. The third-order valence-electron chi connectivity index (χ3n) is 5.57. The number of halogens is 4. The molecule has 2 aliphatic rings. The minimum absolute atomic E-state index is 0.149. The molecule has 2 saturated heterocycles. The van der Waals surface area contributed by atoms with E-state index in [9.17, 15) is 9.59 Å². The molecular formula is C23H14Cl4N2O3. The smallest absolute Gasteiger partial charge is 0.266 e. The van der Waals surface area contributed by atoms with Crippen LogP contribution >= 0.6 is 46.4 Å². The zero-order valence-electron chi connectivity index (χ0n) is 16.2. The van der Waals surface area contributed by atoms with Gasteiger partial charge in [-0.1, -0.05) is 76.7 Å². The summed E-state index contributed by atoms with van der Waals surface area (Å²) in [6, 6.07) is 18.3. The van der Waals surface area contributed by atoms with Crippen LogP contribution in [0, 0.1) is 5.92 Å². The zero-order chi connectivity index (χ0) is 22.6. The molecule has 162 valence electrons. The minimum Gasteiger partial charge on any atom is -0.273 e. The molecule has 0 spiro atoms. The van der Waals surface area contributed by atoms with Crippen LogP contribution in [0.3, 0.4) is 0 Å². The fraction of sp³-hybridized carbons (Fsp3) is 0.130. The lowest BCUT2D eigenvalue weighted by Crippen LogP contribution is -2.37. The lowest BCUT2D eigenvalue weighted by molar-refractivity contribution is -0.126. The van der Waals surface area contributed by atoms with E-state index in [2.05, 4.69) is 0 Å². The Morgan fingerprint density at radius 3 is 2.09 bits per heavy atom. The number of benzene rings is 3. The fourth-order valence-corrected chi connectivity index (χ4v) is 5.28. The van der Waals surface area contributed by atoms with Crippen molar-refractivity contribution in [1.82, 2.24) is 0 Å². The van der Waals surface area contributed by atoms with Gasteiger partial charge in [0.15, 0.2) is 6.10 Å². The van der Waals surface area contributed by atoms with Crippen LogP contribution in [-0.2, 0) is 14.4 Å². The summed E-state index contributed by atoms with van der Waals surface area (Å²) in [6.45, 7) is 0. The molecule has 5 nitrogen and oxygen atoms in total. The van der Waals surface area contributed by atoms with Crippen LogP contribution < -0.4 is 9.96 Å². The molecule has 0 unspecified atom stereocenters. The number of amides is 2. The first-order valence-corrected chi connectivity index (χ1v) is 11.2. The average molecular weight is 508 g/mol. The molecule has 0 bridgehead atoms. The Morgan fingerprint density at radius 1 is 0.750 bits per heavy atom. The lowest BCUT2D eigenvalue weighted by Gasteiger charge is -2.29. The summed E-state index contributed by atoms with van der Waals surface area (Å²) in [5.74, 6) is -1.87. The van der Waals surface area contributed by atoms with Gasteiger partial charge in [0, 0.05) is 10.0 Å². The summed E-state index contributed by atoms with van der Waals surface area (Å²) in [4.78, 5) is 34.1. The molecule has 2 fully saturated rings. The molecule has 2 aliphatic heterocycles. The largest absolute Gasteiger partial charge is 0.273 e. The maximum atomic E-state index is 13.7. The van der Waals surface area contributed by atoms with Crippen LogP contribution in [0.5, 0.6) is 0 Å². The third-order valence-corrected chi connectivity index (χ3v) is 6.74. The second-order valence-electron chi connectivity index (χ2n) is 7.41. The summed E-state index contributed by atoms with van der Waals surface area (Å²) in [5, 5.41) is 2.77. The minimum atomic E-state index is -1.06. The summed E-state index contributed by atoms with van der Waals surface area (Å²) in [7, 11) is 0. The highest BCUT2D eigenvalue weighted by atomic mass is 35.5. The molecule has 0 N–H and O–H groups in total. The number of para-hydroxylation sites is 2. The molecule has 9 heteroatoms. The first-order valence-electron chi connectivity index (χ1n) is 9.66. The van der Waals surface area contributed by atoms with Gasteiger partial charge >= 0.3 is 0 Å². The van der Waals surface area contributed by atoms with Crippen molar-refractivity contribution in [3.8, 4) is 0 Å². The Morgan fingerprint density at radius 2 is 1.44 bits per heavy atom. The van der Waals surface area contributed by atoms with Gasteiger partial charge in [0.2, 0.25) is 5.91 Å². The van der Waals surface area contributed by atoms with E-state index in [1.807, 2.05) is 30.3 Å². The van der Waals surface area contributed by atoms with Gasteiger partial charge in [-0.2, -0.15) is 0 Å². The number of nitrogens with zero attached hydrogens (tertiary/aromatic N) is 2. The summed E-state index contributed by atoms with van der Waals surface area (Å²) in [5.41, 5.74) is 1.44. The maximum absolute atomic E-state index is 13.7. The summed E-state index contributed by atoms with van der Waals surface area (Å²) < 4.78 is 0. The molecule has 0 saturated carbocycles. The maximum Gasteiger partial charge on any atom is 0.266 e. The molecule has 0 radical (unpaired) electrons. The van der Waals surface area contributed by atoms with Crippen LogP contribution in [0.2, 0.25) is 20.1 Å². The molecule has 0 aliphatic carbocycles. The standard InChI is InChI=1S/C23H14Cl4N2O3/c24-12-9-10-14(17(27)11-12)19-18-21(32-29(19)13-5-2-1-3-6-13)23(31)28(22(18)30)20-15(25)7-4-8-16(20)26/h1-11,18-19,21H/t18-,19+,21+/m0/s1. The van der Waals surface area contributed by atoms with Crippen molar-refractivity contribution in [3.63, 3.8) is 0 Å². The monoisotopic (exact) mass is 506 g/mol. The summed E-state index contributed by atoms with van der Waals surface area (Å²) >= 11 is 25.2. The first kappa shape index (κ1) is 21.6. The molecular weight excluding hydrogens is 494 g/mol. The van der Waals surface area contributed by atoms with Gasteiger partial charge in [-0.3, -0.25) is 14.4 Å². The predicted molar refractivity (Wildman–Crippen MR) is 125 cm³/mol. The van der Waals surface area contributed by atoms with E-state index in [0.29, 0.717) is 21.3 Å². The molecule has 2 heterocycles. The number of carbonyl (C=O) groups excluding carboxylic acids is 2. The Labute approximate surface area is 203 Å². The van der Waals surface area contributed by atoms with E-state index in [0.717, 1.165) is 4.90 Å². The van der Waals surface area contributed by atoms with Crippen molar-refractivity contribution >= 4 is 69.6 Å². The molecule has 5 rings (SSSR count). The number of anilines is 2. The van der Waals surface area contributed by atoms with Crippen molar-refractivity contribution in [3.05, 3.63) is 92.4 Å². The number of hydroxylamine groups is 1. The Balaban J connectivity index is 1.64. The van der Waals surface area contributed by atoms with Gasteiger partial charge in [-0.05, 0) is 42.0 Å². The summed E-state index contributed by atoms with van der Waals surface area (Å²) in [6.07, 6.45) is -1.06. The highest BCUT2D eigenvalue weighted by Gasteiger charge is 2.61. The van der Waals surface area contributed by atoms with Crippen LogP contribution in [0.4, 0.5) is 11.4 Å². The van der Waals surface area contributed by atoms with Gasteiger partial charge in [-0.15, -0.1) is 0 Å². The van der Waals surface area contributed by atoms with Crippen molar-refractivity contribution in [2.75, 3.05) is 9.96 Å². The fourth-order valence-electron chi connectivity index (χ4n) is 4.19. The quantitative estimate of drug-likeness (QED) is 0.387. The van der Waals surface area contributed by atoms with Crippen molar-refractivity contribution in [2.24, 2.45) is 5.92 Å². The second-order valence-corrected chi connectivity index (χ2v) is 9.06. The van der Waals surface area contributed by atoms with E-state index >= 15 is 0 Å². The van der Waals surface area contributed by atoms with Crippen molar-refractivity contribution in [1.29, 1.82) is 0 Å². The van der Waals surface area contributed by atoms with Gasteiger partial charge < -0.3 is 0 Å². The topological polar surface area (TPSA) is 49.9 Å². The van der Waals surface area contributed by atoms with Gasteiger partial charge in [-0.25, -0.2) is 9.96 Å². The highest BCUT2D eigenvalue weighted by molar-refractivity contribution is 6.42. The first-order chi connectivity index (χ1) is 15.4. The number of hydrogen-bond acceptors (Lipinski definition) is 4. The van der Waals surface area contributed by atoms with Gasteiger partial charge in [0.25, 0.3) is 5.91 Å². The van der Waals surface area contributed by atoms with Crippen LogP contribution in [0.25, 0.3) is 0 Å². The molecule has 3 aromatic rings. The van der Waals surface area contributed by atoms with Crippen LogP contribution in [0.15, 0.2) is 66.7 Å². The lowest BCUT2D eigenvalue weighted by atomic mass is 9.90. The Bertz CT molecular complexity index is 1220. The van der Waals surface area contributed by atoms with Gasteiger partial charge in [0.05, 0.1) is 27.5 Å². The molecule has 3 atom stereocenters. The number of rotatable bonds is 3. The zero-order valence-corrected chi connectivity index (χ0v) is 19.2. The van der Waals surface area contributed by atoms with E-state index in [1.54, 1.807) is 41.5 Å². The molecule has 32 heavy (non-hydrogen) atoms. The SMILES string of the molecule is O=C1[C@H]2[C@@H](c3ccc(Cl)cc3Cl)N(c3ccccc3)O[C@H]2C(=O)N1c1c(Cl)cccc1Cl. The van der Waals surface area contributed by atoms with Crippen molar-refractivity contribution in [2.45, 2.75) is 12.1 Å². The van der Waals surface area contributed by atoms with Crippen molar-refractivity contribution < 1.29 is 14.4 Å². The predicted octanol–water partition coefficient (Wildman–Crippen LogP) is 6.35. The van der Waals surface area contributed by atoms with E-state index in [4.69, 9.17) is 51.2 Å². The van der Waals surface area contributed by atoms with Crippen LogP contribution in [-0.4, -0.2) is 17.9 Å². The number of carbonyl (C=O) groups is 2. The Hall–Kier alpha value is -2.28. The van der Waals surface area contributed by atoms with E-state index < -0.39 is 29.9 Å². The van der Waals surface area contributed by atoms with E-state index in [-0.39, 0.29) is 15.7 Å².